The molecule has 1 N–H and O–H groups in total. The lowest BCUT2D eigenvalue weighted by atomic mass is 10.1. The van der Waals surface area contributed by atoms with Gasteiger partial charge in [0.15, 0.2) is 0 Å². The van der Waals surface area contributed by atoms with Crippen LogP contribution in [-0.2, 0) is 6.42 Å². The average molecular weight is 366 g/mol. The Morgan fingerprint density at radius 1 is 0.464 bits per heavy atom. The maximum absolute atomic E-state index is 3.36. The van der Waals surface area contributed by atoms with Gasteiger partial charge in [0.25, 0.3) is 0 Å². The average Bonchev–Trinajstić information content (AvgIpc) is 2.73. The molecule has 1 heteroatoms. The van der Waals surface area contributed by atoms with Gasteiger partial charge < -0.3 is 5.32 Å². The first-order chi connectivity index (χ1) is 13.7. The van der Waals surface area contributed by atoms with Crippen LogP contribution in [0.3, 0.4) is 0 Å². The second kappa shape index (κ2) is 10.1. The van der Waals surface area contributed by atoms with Gasteiger partial charge in [0.1, 0.15) is 0 Å². The molecular weight excluding hydrogens is 338 g/mol. The number of rotatable bonds is 4. The van der Waals surface area contributed by atoms with Crippen molar-refractivity contribution >= 4 is 11.4 Å². The lowest BCUT2D eigenvalue weighted by molar-refractivity contribution is 1.19. The highest BCUT2D eigenvalue weighted by Gasteiger charge is 1.94. The first-order valence-corrected chi connectivity index (χ1v) is 9.67. The second-order valence-corrected chi connectivity index (χ2v) is 7.01. The standard InChI is InChI=1S/C14H15N.C13H12/c1-11-3-7-13(8-4-11)15-14-9-5-12(2)6-10-14;1-3-7-12(8-4-1)11-13-9-5-2-6-10-13/h3-10,15H,1-2H3;1-10H,11H2. The Bertz CT molecular complexity index is 860. The Hall–Kier alpha value is -3.32. The van der Waals surface area contributed by atoms with E-state index in [0.717, 1.165) is 17.8 Å². The minimum absolute atomic E-state index is 1.03. The molecule has 140 valence electrons. The molecule has 0 saturated heterocycles. The van der Waals surface area contributed by atoms with Crippen molar-refractivity contribution in [2.75, 3.05) is 5.32 Å². The second-order valence-electron chi connectivity index (χ2n) is 7.01. The van der Waals surface area contributed by atoms with Crippen molar-refractivity contribution in [2.24, 2.45) is 0 Å². The Kier molecular flexibility index (Phi) is 7.03. The number of benzene rings is 4. The molecule has 0 bridgehead atoms. The van der Waals surface area contributed by atoms with E-state index in [4.69, 9.17) is 0 Å². The van der Waals surface area contributed by atoms with Crippen LogP contribution in [0.2, 0.25) is 0 Å². The molecule has 0 amide bonds. The van der Waals surface area contributed by atoms with Crippen molar-refractivity contribution < 1.29 is 0 Å². The largest absolute Gasteiger partial charge is 0.356 e. The summed E-state index contributed by atoms with van der Waals surface area (Å²) >= 11 is 0. The van der Waals surface area contributed by atoms with Crippen LogP contribution in [0.25, 0.3) is 0 Å². The number of aryl methyl sites for hydroxylation is 2. The molecule has 0 heterocycles. The van der Waals surface area contributed by atoms with E-state index in [1.165, 1.54) is 22.3 Å². The third kappa shape index (κ3) is 6.44. The molecule has 0 saturated carbocycles. The van der Waals surface area contributed by atoms with E-state index in [2.05, 4.69) is 128 Å². The number of hydrogen-bond acceptors (Lipinski definition) is 1. The van der Waals surface area contributed by atoms with Gasteiger partial charge in [-0.1, -0.05) is 96.1 Å². The van der Waals surface area contributed by atoms with Crippen molar-refractivity contribution in [3.8, 4) is 0 Å². The highest BCUT2D eigenvalue weighted by Crippen LogP contribution is 2.17. The smallest absolute Gasteiger partial charge is 0.0384 e. The van der Waals surface area contributed by atoms with Crippen molar-refractivity contribution in [3.63, 3.8) is 0 Å². The first-order valence-electron chi connectivity index (χ1n) is 9.67. The molecule has 0 aliphatic carbocycles. The molecule has 4 aromatic carbocycles. The highest BCUT2D eigenvalue weighted by atomic mass is 14.9. The summed E-state index contributed by atoms with van der Waals surface area (Å²) in [6, 6.07) is 37.9. The van der Waals surface area contributed by atoms with Crippen molar-refractivity contribution in [1.29, 1.82) is 0 Å². The van der Waals surface area contributed by atoms with Gasteiger partial charge in [-0.2, -0.15) is 0 Å². The summed E-state index contributed by atoms with van der Waals surface area (Å²) in [5.41, 5.74) is 7.56. The Labute approximate surface area is 168 Å². The molecular formula is C27H27N. The van der Waals surface area contributed by atoms with Crippen molar-refractivity contribution in [2.45, 2.75) is 20.3 Å². The van der Waals surface area contributed by atoms with Crippen LogP contribution < -0.4 is 5.32 Å². The van der Waals surface area contributed by atoms with Gasteiger partial charge in [0, 0.05) is 11.4 Å². The zero-order valence-corrected chi connectivity index (χ0v) is 16.6. The van der Waals surface area contributed by atoms with E-state index >= 15 is 0 Å². The monoisotopic (exact) mass is 365 g/mol. The Balaban J connectivity index is 0.000000162. The molecule has 1 nitrogen and oxygen atoms in total. The summed E-state index contributed by atoms with van der Waals surface area (Å²) in [5.74, 6) is 0. The van der Waals surface area contributed by atoms with Crippen LogP contribution in [0.15, 0.2) is 109 Å². The van der Waals surface area contributed by atoms with E-state index in [1.807, 2.05) is 0 Å². The fraction of sp³-hybridized carbons (Fsp3) is 0.111. The SMILES string of the molecule is Cc1ccc(Nc2ccc(C)cc2)cc1.c1ccc(Cc2ccccc2)cc1. The molecule has 0 radical (unpaired) electrons. The predicted octanol–water partition coefficient (Wildman–Crippen LogP) is 7.32. The highest BCUT2D eigenvalue weighted by molar-refractivity contribution is 5.59. The van der Waals surface area contributed by atoms with Crippen LogP contribution in [-0.4, -0.2) is 0 Å². The van der Waals surface area contributed by atoms with Gasteiger partial charge in [-0.25, -0.2) is 0 Å². The van der Waals surface area contributed by atoms with Gasteiger partial charge >= 0.3 is 0 Å². The summed E-state index contributed by atoms with van der Waals surface area (Å²) < 4.78 is 0. The van der Waals surface area contributed by atoms with Crippen LogP contribution in [0.5, 0.6) is 0 Å². The zero-order chi connectivity index (χ0) is 19.6. The number of nitrogens with one attached hydrogen (secondary N) is 1. The van der Waals surface area contributed by atoms with Gasteiger partial charge in [-0.3, -0.25) is 0 Å². The van der Waals surface area contributed by atoms with Gasteiger partial charge in [0.2, 0.25) is 0 Å². The molecule has 0 aliphatic heterocycles. The summed E-state index contributed by atoms with van der Waals surface area (Å²) in [5, 5.41) is 3.36. The maximum Gasteiger partial charge on any atom is 0.0384 e. The molecule has 28 heavy (non-hydrogen) atoms. The first kappa shape index (κ1) is 19.4. The number of hydrogen-bond donors (Lipinski definition) is 1. The molecule has 0 aliphatic rings. The lowest BCUT2D eigenvalue weighted by Crippen LogP contribution is -1.89. The fourth-order valence-electron chi connectivity index (χ4n) is 2.87. The molecule has 0 unspecified atom stereocenters. The third-order valence-corrected chi connectivity index (χ3v) is 4.49. The minimum Gasteiger partial charge on any atom is -0.356 e. The minimum atomic E-state index is 1.03. The van der Waals surface area contributed by atoms with E-state index in [-0.39, 0.29) is 0 Å². The van der Waals surface area contributed by atoms with E-state index in [0.29, 0.717) is 0 Å². The molecule has 4 aromatic rings. The van der Waals surface area contributed by atoms with Crippen molar-refractivity contribution in [3.05, 3.63) is 131 Å². The summed E-state index contributed by atoms with van der Waals surface area (Å²) in [7, 11) is 0. The van der Waals surface area contributed by atoms with Crippen LogP contribution in [0.4, 0.5) is 11.4 Å². The number of anilines is 2. The van der Waals surface area contributed by atoms with Crippen LogP contribution >= 0.6 is 0 Å². The third-order valence-electron chi connectivity index (χ3n) is 4.49. The predicted molar refractivity (Wildman–Crippen MR) is 121 cm³/mol. The maximum atomic E-state index is 3.36. The van der Waals surface area contributed by atoms with Gasteiger partial charge in [0.05, 0.1) is 0 Å². The van der Waals surface area contributed by atoms with Crippen LogP contribution in [0, 0.1) is 13.8 Å². The topological polar surface area (TPSA) is 12.0 Å². The van der Waals surface area contributed by atoms with Crippen LogP contribution in [0.1, 0.15) is 22.3 Å². The summed E-state index contributed by atoms with van der Waals surface area (Å²) in [4.78, 5) is 0. The Morgan fingerprint density at radius 2 is 0.821 bits per heavy atom. The van der Waals surface area contributed by atoms with Gasteiger partial charge in [-0.05, 0) is 55.7 Å². The Morgan fingerprint density at radius 3 is 1.18 bits per heavy atom. The lowest BCUT2D eigenvalue weighted by Gasteiger charge is -2.06. The molecule has 0 fully saturated rings. The summed E-state index contributed by atoms with van der Waals surface area (Å²) in [6.07, 6.45) is 1.03. The van der Waals surface area contributed by atoms with Crippen molar-refractivity contribution in [1.82, 2.24) is 0 Å². The van der Waals surface area contributed by atoms with E-state index in [9.17, 15) is 0 Å². The zero-order valence-electron chi connectivity index (χ0n) is 16.6. The fourth-order valence-corrected chi connectivity index (χ4v) is 2.87. The van der Waals surface area contributed by atoms with E-state index < -0.39 is 0 Å². The normalized spacial score (nSPS) is 9.93. The molecule has 4 rings (SSSR count). The van der Waals surface area contributed by atoms with E-state index in [1.54, 1.807) is 0 Å². The quantitative estimate of drug-likeness (QED) is 0.399. The molecule has 0 atom stereocenters. The summed E-state index contributed by atoms with van der Waals surface area (Å²) in [6.45, 7) is 4.19. The molecule has 0 aromatic heterocycles. The molecule has 0 spiro atoms. The van der Waals surface area contributed by atoms with Gasteiger partial charge in [-0.15, -0.1) is 0 Å².